The van der Waals surface area contributed by atoms with Gasteiger partial charge in [0, 0.05) is 23.8 Å². The van der Waals surface area contributed by atoms with E-state index in [1.807, 2.05) is 34.6 Å². The highest BCUT2D eigenvalue weighted by molar-refractivity contribution is 7.90. The van der Waals surface area contributed by atoms with Crippen LogP contribution in [0.1, 0.15) is 36.1 Å². The number of fused-ring (bicyclic) bond motifs is 1. The van der Waals surface area contributed by atoms with Crippen LogP contribution in [0.2, 0.25) is 0 Å². The predicted octanol–water partition coefficient (Wildman–Crippen LogP) is 2.73. The zero-order valence-corrected chi connectivity index (χ0v) is 12.7. The molecule has 0 saturated heterocycles. The topological polar surface area (TPSA) is 43.4 Å². The highest BCUT2D eigenvalue weighted by Gasteiger charge is 2.35. The summed E-state index contributed by atoms with van der Waals surface area (Å²) in [5.41, 5.74) is 3.56. The van der Waals surface area contributed by atoms with E-state index in [1.165, 1.54) is 6.26 Å². The molecule has 18 heavy (non-hydrogen) atoms. The van der Waals surface area contributed by atoms with Gasteiger partial charge in [-0.05, 0) is 45.7 Å². The lowest BCUT2D eigenvalue weighted by Crippen LogP contribution is -2.24. The average molecular weight is 268 g/mol. The second-order valence-corrected chi connectivity index (χ2v) is 7.78. The van der Waals surface area contributed by atoms with Crippen molar-refractivity contribution in [1.29, 1.82) is 0 Å². The summed E-state index contributed by atoms with van der Waals surface area (Å²) in [7, 11) is -3.23. The van der Waals surface area contributed by atoms with Crippen LogP contribution in [-0.4, -0.2) is 20.3 Å². The Balaban J connectivity index is 2.83. The quantitative estimate of drug-likeness (QED) is 0.786. The number of benzene rings is 1. The van der Waals surface area contributed by atoms with Crippen LogP contribution in [0, 0.1) is 20.8 Å². The van der Waals surface area contributed by atoms with Crippen LogP contribution >= 0.6 is 0 Å². The summed E-state index contributed by atoms with van der Waals surface area (Å²) in [4.78, 5) is 0.427. The van der Waals surface area contributed by atoms with Crippen LogP contribution in [0.4, 0.5) is 0 Å². The molecule has 0 saturated carbocycles. The predicted molar refractivity (Wildman–Crippen MR) is 72.2 cm³/mol. The fourth-order valence-electron chi connectivity index (χ4n) is 2.82. The Hall–Kier alpha value is -1.03. The zero-order valence-electron chi connectivity index (χ0n) is 11.8. The Kier molecular flexibility index (Phi) is 2.78. The number of rotatable bonds is 1. The molecule has 0 N–H and O–H groups in total. The van der Waals surface area contributed by atoms with Crippen LogP contribution in [0.3, 0.4) is 0 Å². The third-order valence-corrected chi connectivity index (χ3v) is 5.02. The molecule has 1 aromatic rings. The maximum Gasteiger partial charge on any atom is 0.176 e. The second-order valence-electron chi connectivity index (χ2n) is 5.82. The molecule has 1 aliphatic heterocycles. The third kappa shape index (κ3) is 1.92. The molecule has 100 valence electrons. The molecule has 0 spiro atoms. The molecule has 0 atom stereocenters. The van der Waals surface area contributed by atoms with Crippen molar-refractivity contribution in [2.75, 3.05) is 6.26 Å². The highest BCUT2D eigenvalue weighted by atomic mass is 32.2. The van der Waals surface area contributed by atoms with Gasteiger partial charge in [0.15, 0.2) is 9.84 Å². The molecule has 1 aliphatic rings. The molecule has 0 amide bonds. The van der Waals surface area contributed by atoms with Gasteiger partial charge in [-0.1, -0.05) is 0 Å². The summed E-state index contributed by atoms with van der Waals surface area (Å²) in [5, 5.41) is 0. The number of sulfone groups is 1. The molecule has 0 aromatic heterocycles. The lowest BCUT2D eigenvalue weighted by Gasteiger charge is -2.18. The Morgan fingerprint density at radius 3 is 2.11 bits per heavy atom. The van der Waals surface area contributed by atoms with E-state index in [1.54, 1.807) is 0 Å². The van der Waals surface area contributed by atoms with E-state index >= 15 is 0 Å². The molecular weight excluding hydrogens is 248 g/mol. The Morgan fingerprint density at radius 2 is 1.61 bits per heavy atom. The van der Waals surface area contributed by atoms with Gasteiger partial charge in [0.25, 0.3) is 0 Å². The first kappa shape index (κ1) is 13.4. The fourth-order valence-corrected chi connectivity index (χ4v) is 4.18. The minimum absolute atomic E-state index is 0.250. The SMILES string of the molecule is Cc1c(C)c(S(C)(=O)=O)c(C)c2c1CC(C)(C)O2. The van der Waals surface area contributed by atoms with E-state index in [0.29, 0.717) is 4.90 Å². The Bertz CT molecular complexity index is 625. The molecule has 0 bridgehead atoms. The number of hydrogen-bond donors (Lipinski definition) is 0. The van der Waals surface area contributed by atoms with Gasteiger partial charge in [-0.15, -0.1) is 0 Å². The van der Waals surface area contributed by atoms with Crippen LogP contribution in [0.25, 0.3) is 0 Å². The van der Waals surface area contributed by atoms with Crippen molar-refractivity contribution in [1.82, 2.24) is 0 Å². The molecule has 2 rings (SSSR count). The molecule has 0 radical (unpaired) electrons. The van der Waals surface area contributed by atoms with Gasteiger partial charge in [0.2, 0.25) is 0 Å². The summed E-state index contributed by atoms with van der Waals surface area (Å²) >= 11 is 0. The van der Waals surface area contributed by atoms with Gasteiger partial charge >= 0.3 is 0 Å². The second kappa shape index (κ2) is 3.73. The average Bonchev–Trinajstić information content (AvgIpc) is 2.49. The molecule has 0 unspecified atom stereocenters. The summed E-state index contributed by atoms with van der Waals surface area (Å²) in [5.74, 6) is 0.767. The van der Waals surface area contributed by atoms with Crippen molar-refractivity contribution in [2.24, 2.45) is 0 Å². The van der Waals surface area contributed by atoms with E-state index < -0.39 is 9.84 Å². The minimum Gasteiger partial charge on any atom is -0.487 e. The Labute approximate surface area is 109 Å². The van der Waals surface area contributed by atoms with Gasteiger partial charge in [-0.25, -0.2) is 8.42 Å². The van der Waals surface area contributed by atoms with Crippen molar-refractivity contribution in [3.8, 4) is 5.75 Å². The summed E-state index contributed by atoms with van der Waals surface area (Å²) < 4.78 is 29.8. The molecule has 3 nitrogen and oxygen atoms in total. The van der Waals surface area contributed by atoms with E-state index in [4.69, 9.17) is 4.74 Å². The van der Waals surface area contributed by atoms with E-state index in [-0.39, 0.29) is 5.60 Å². The maximum absolute atomic E-state index is 11.9. The third-order valence-electron chi connectivity index (χ3n) is 3.66. The fraction of sp³-hybridized carbons (Fsp3) is 0.571. The zero-order chi connectivity index (χ0) is 13.9. The first-order valence-electron chi connectivity index (χ1n) is 6.06. The van der Waals surface area contributed by atoms with E-state index in [9.17, 15) is 8.42 Å². The summed E-state index contributed by atoms with van der Waals surface area (Å²) in [6.45, 7) is 9.75. The van der Waals surface area contributed by atoms with Gasteiger partial charge in [0.1, 0.15) is 11.4 Å². The van der Waals surface area contributed by atoms with Crippen molar-refractivity contribution >= 4 is 9.84 Å². The smallest absolute Gasteiger partial charge is 0.176 e. The van der Waals surface area contributed by atoms with Crippen molar-refractivity contribution in [2.45, 2.75) is 51.5 Å². The number of hydrogen-bond acceptors (Lipinski definition) is 3. The van der Waals surface area contributed by atoms with E-state index in [2.05, 4.69) is 0 Å². The van der Waals surface area contributed by atoms with Crippen molar-refractivity contribution < 1.29 is 13.2 Å². The maximum atomic E-state index is 11.9. The van der Waals surface area contributed by atoms with Crippen LogP contribution in [0.15, 0.2) is 4.90 Å². The first-order chi connectivity index (χ1) is 8.04. The molecule has 0 fully saturated rings. The lowest BCUT2D eigenvalue weighted by atomic mass is 9.93. The van der Waals surface area contributed by atoms with Gasteiger partial charge in [-0.2, -0.15) is 0 Å². The molecule has 0 aliphatic carbocycles. The van der Waals surface area contributed by atoms with Gasteiger partial charge < -0.3 is 4.74 Å². The Morgan fingerprint density at radius 1 is 1.06 bits per heavy atom. The molecule has 4 heteroatoms. The van der Waals surface area contributed by atoms with Crippen LogP contribution in [0.5, 0.6) is 5.75 Å². The summed E-state index contributed by atoms with van der Waals surface area (Å²) in [6, 6.07) is 0. The monoisotopic (exact) mass is 268 g/mol. The minimum atomic E-state index is -3.23. The first-order valence-corrected chi connectivity index (χ1v) is 7.95. The van der Waals surface area contributed by atoms with Gasteiger partial charge in [-0.3, -0.25) is 0 Å². The van der Waals surface area contributed by atoms with Gasteiger partial charge in [0.05, 0.1) is 4.90 Å². The largest absolute Gasteiger partial charge is 0.487 e. The van der Waals surface area contributed by atoms with Crippen molar-refractivity contribution in [3.05, 3.63) is 22.3 Å². The molecule has 1 heterocycles. The van der Waals surface area contributed by atoms with Crippen LogP contribution < -0.4 is 4.74 Å². The van der Waals surface area contributed by atoms with E-state index in [0.717, 1.165) is 34.4 Å². The standard InChI is InChI=1S/C14H20O3S/c1-8-9(2)13(18(6,15)16)10(3)12-11(8)7-14(4,5)17-12/h7H2,1-6H3. The van der Waals surface area contributed by atoms with Crippen molar-refractivity contribution in [3.63, 3.8) is 0 Å². The highest BCUT2D eigenvalue weighted by Crippen LogP contribution is 2.43. The number of ether oxygens (including phenoxy) is 1. The lowest BCUT2D eigenvalue weighted by molar-refractivity contribution is 0.137. The van der Waals surface area contributed by atoms with Crippen LogP contribution in [-0.2, 0) is 16.3 Å². The molecular formula is C14H20O3S. The normalized spacial score (nSPS) is 17.4. The molecule has 1 aromatic carbocycles. The summed E-state index contributed by atoms with van der Waals surface area (Å²) in [6.07, 6.45) is 2.09.